The van der Waals surface area contributed by atoms with Gasteiger partial charge in [-0.15, -0.1) is 0 Å². The molecule has 2 aromatic rings. The second-order valence-corrected chi connectivity index (χ2v) is 4.20. The highest BCUT2D eigenvalue weighted by molar-refractivity contribution is 5.71. The van der Waals surface area contributed by atoms with Crippen molar-refractivity contribution in [3.8, 4) is 11.4 Å². The van der Waals surface area contributed by atoms with E-state index < -0.39 is 0 Å². The van der Waals surface area contributed by atoms with E-state index in [1.54, 1.807) is 0 Å². The summed E-state index contributed by atoms with van der Waals surface area (Å²) in [5.41, 5.74) is 8.51. The van der Waals surface area contributed by atoms with Gasteiger partial charge < -0.3 is 10.3 Å². The van der Waals surface area contributed by atoms with Gasteiger partial charge in [0.15, 0.2) is 0 Å². The third kappa shape index (κ3) is 1.91. The Morgan fingerprint density at radius 3 is 2.69 bits per heavy atom. The Bertz CT molecular complexity index is 503. The molecule has 0 fully saturated rings. The zero-order valence-electron chi connectivity index (χ0n) is 9.69. The van der Waals surface area contributed by atoms with Crippen LogP contribution < -0.4 is 5.73 Å². The summed E-state index contributed by atoms with van der Waals surface area (Å²) in [6.07, 6.45) is 0. The maximum Gasteiger partial charge on any atom is 0.229 e. The van der Waals surface area contributed by atoms with Crippen LogP contribution in [0.2, 0.25) is 0 Å². The molecule has 1 aromatic carbocycles. The minimum atomic E-state index is 0.229. The molecule has 0 aliphatic heterocycles. The molecule has 0 saturated heterocycles. The van der Waals surface area contributed by atoms with Crippen LogP contribution in [-0.4, -0.2) is 10.1 Å². The molecule has 84 valence electrons. The molecule has 0 spiro atoms. The number of anilines is 1. The zero-order chi connectivity index (χ0) is 11.7. The fraction of sp³-hybridized carbons (Fsp3) is 0.333. The molecule has 0 amide bonds. The summed E-state index contributed by atoms with van der Waals surface area (Å²) in [6, 6.07) is 5.78. The molecular weight excluding hydrogens is 202 g/mol. The molecule has 1 heterocycles. The predicted octanol–water partition coefficient (Wildman–Crippen LogP) is 2.75. The number of rotatable bonds is 2. The topological polar surface area (TPSA) is 64.9 Å². The number of nitrogen functional groups attached to an aromatic ring is 1. The molecule has 1 aromatic heterocycles. The lowest BCUT2D eigenvalue weighted by atomic mass is 10.1. The molecule has 0 aliphatic rings. The first-order chi connectivity index (χ1) is 7.58. The van der Waals surface area contributed by atoms with Crippen LogP contribution in [0.3, 0.4) is 0 Å². The number of benzene rings is 1. The number of aryl methyl sites for hydroxylation is 1. The van der Waals surface area contributed by atoms with Crippen LogP contribution in [-0.2, 0) is 0 Å². The molecule has 4 nitrogen and oxygen atoms in total. The number of aromatic nitrogens is 2. The van der Waals surface area contributed by atoms with E-state index in [1.807, 2.05) is 39.0 Å². The second-order valence-electron chi connectivity index (χ2n) is 4.20. The molecule has 0 atom stereocenters. The van der Waals surface area contributed by atoms with Gasteiger partial charge in [0.1, 0.15) is 0 Å². The average Bonchev–Trinajstić information content (AvgIpc) is 2.70. The lowest BCUT2D eigenvalue weighted by Gasteiger charge is -2.01. The highest BCUT2D eigenvalue weighted by atomic mass is 16.5. The smallest absolute Gasteiger partial charge is 0.229 e. The first kappa shape index (κ1) is 10.7. The normalized spacial score (nSPS) is 11.0. The van der Waals surface area contributed by atoms with Crippen LogP contribution in [0.4, 0.5) is 5.69 Å². The van der Waals surface area contributed by atoms with Gasteiger partial charge in [-0.1, -0.05) is 30.6 Å². The number of nitrogens with zero attached hydrogens (tertiary/aromatic N) is 2. The van der Waals surface area contributed by atoms with Gasteiger partial charge in [-0.2, -0.15) is 4.98 Å². The minimum Gasteiger partial charge on any atom is -0.398 e. The zero-order valence-corrected chi connectivity index (χ0v) is 9.69. The van der Waals surface area contributed by atoms with E-state index in [0.717, 1.165) is 11.1 Å². The summed E-state index contributed by atoms with van der Waals surface area (Å²) < 4.78 is 5.16. The molecule has 2 rings (SSSR count). The third-order valence-corrected chi connectivity index (χ3v) is 2.39. The second kappa shape index (κ2) is 3.96. The van der Waals surface area contributed by atoms with E-state index in [2.05, 4.69) is 10.1 Å². The summed E-state index contributed by atoms with van der Waals surface area (Å²) in [7, 11) is 0. The molecule has 0 saturated carbocycles. The fourth-order valence-electron chi connectivity index (χ4n) is 1.44. The highest BCUT2D eigenvalue weighted by Crippen LogP contribution is 2.25. The molecular formula is C12H15N3O. The van der Waals surface area contributed by atoms with Crippen molar-refractivity contribution in [2.24, 2.45) is 0 Å². The van der Waals surface area contributed by atoms with Gasteiger partial charge in [-0.25, -0.2) is 0 Å². The Morgan fingerprint density at radius 2 is 2.06 bits per heavy atom. The Balaban J connectivity index is 2.46. The van der Waals surface area contributed by atoms with E-state index >= 15 is 0 Å². The van der Waals surface area contributed by atoms with Crippen molar-refractivity contribution < 1.29 is 4.52 Å². The Kier molecular flexibility index (Phi) is 2.64. The molecule has 16 heavy (non-hydrogen) atoms. The van der Waals surface area contributed by atoms with Crippen molar-refractivity contribution in [3.05, 3.63) is 29.7 Å². The summed E-state index contributed by atoms with van der Waals surface area (Å²) >= 11 is 0. The van der Waals surface area contributed by atoms with Crippen molar-refractivity contribution in [2.75, 3.05) is 5.73 Å². The fourth-order valence-corrected chi connectivity index (χ4v) is 1.44. The van der Waals surface area contributed by atoms with Gasteiger partial charge in [0, 0.05) is 17.2 Å². The van der Waals surface area contributed by atoms with Gasteiger partial charge >= 0.3 is 0 Å². The average molecular weight is 217 g/mol. The van der Waals surface area contributed by atoms with Crippen LogP contribution >= 0.6 is 0 Å². The van der Waals surface area contributed by atoms with E-state index in [-0.39, 0.29) is 5.92 Å². The standard InChI is InChI=1S/C12H15N3O/c1-7(2)12-14-11(15-16-12)9-6-8(3)4-5-10(9)13/h4-7H,13H2,1-3H3. The van der Waals surface area contributed by atoms with Crippen LogP contribution in [0.25, 0.3) is 11.4 Å². The van der Waals surface area contributed by atoms with Gasteiger partial charge in [0.05, 0.1) is 0 Å². The number of hydrogen-bond acceptors (Lipinski definition) is 4. The Labute approximate surface area is 94.5 Å². The molecule has 0 unspecified atom stereocenters. The summed E-state index contributed by atoms with van der Waals surface area (Å²) in [5.74, 6) is 1.42. The van der Waals surface area contributed by atoms with E-state index in [9.17, 15) is 0 Å². The molecule has 2 N–H and O–H groups in total. The minimum absolute atomic E-state index is 0.229. The van der Waals surface area contributed by atoms with Crippen molar-refractivity contribution in [1.82, 2.24) is 10.1 Å². The molecule has 0 radical (unpaired) electrons. The quantitative estimate of drug-likeness (QED) is 0.785. The summed E-state index contributed by atoms with van der Waals surface area (Å²) in [6.45, 7) is 6.03. The van der Waals surface area contributed by atoms with Crippen molar-refractivity contribution in [1.29, 1.82) is 0 Å². The van der Waals surface area contributed by atoms with Crippen LogP contribution in [0.5, 0.6) is 0 Å². The van der Waals surface area contributed by atoms with Gasteiger partial charge in [0.25, 0.3) is 0 Å². The lowest BCUT2D eigenvalue weighted by Crippen LogP contribution is -1.93. The van der Waals surface area contributed by atoms with E-state index in [0.29, 0.717) is 17.4 Å². The van der Waals surface area contributed by atoms with Crippen LogP contribution in [0, 0.1) is 6.92 Å². The van der Waals surface area contributed by atoms with Gasteiger partial charge in [0.2, 0.25) is 11.7 Å². The van der Waals surface area contributed by atoms with Gasteiger partial charge in [-0.05, 0) is 19.1 Å². The van der Waals surface area contributed by atoms with E-state index in [4.69, 9.17) is 10.3 Å². The Morgan fingerprint density at radius 1 is 1.31 bits per heavy atom. The van der Waals surface area contributed by atoms with Crippen molar-refractivity contribution in [2.45, 2.75) is 26.7 Å². The molecule has 0 aliphatic carbocycles. The predicted molar refractivity (Wildman–Crippen MR) is 63.0 cm³/mol. The maximum absolute atomic E-state index is 5.89. The van der Waals surface area contributed by atoms with Gasteiger partial charge in [-0.3, -0.25) is 0 Å². The summed E-state index contributed by atoms with van der Waals surface area (Å²) in [4.78, 5) is 4.32. The number of nitrogens with two attached hydrogens (primary N) is 1. The van der Waals surface area contributed by atoms with Crippen molar-refractivity contribution in [3.63, 3.8) is 0 Å². The monoisotopic (exact) mass is 217 g/mol. The maximum atomic E-state index is 5.89. The highest BCUT2D eigenvalue weighted by Gasteiger charge is 2.13. The molecule has 0 bridgehead atoms. The lowest BCUT2D eigenvalue weighted by molar-refractivity contribution is 0.365. The number of hydrogen-bond donors (Lipinski definition) is 1. The largest absolute Gasteiger partial charge is 0.398 e. The SMILES string of the molecule is Cc1ccc(N)c(-c2noc(C(C)C)n2)c1. The van der Waals surface area contributed by atoms with Crippen LogP contribution in [0.15, 0.2) is 22.7 Å². The van der Waals surface area contributed by atoms with Crippen molar-refractivity contribution >= 4 is 5.69 Å². The Hall–Kier alpha value is -1.84. The third-order valence-electron chi connectivity index (χ3n) is 2.39. The van der Waals surface area contributed by atoms with Crippen LogP contribution in [0.1, 0.15) is 31.2 Å². The first-order valence-corrected chi connectivity index (χ1v) is 5.28. The first-order valence-electron chi connectivity index (χ1n) is 5.28. The molecule has 4 heteroatoms. The summed E-state index contributed by atoms with van der Waals surface area (Å²) in [5, 5.41) is 3.94. The van der Waals surface area contributed by atoms with E-state index in [1.165, 1.54) is 0 Å².